The molecular weight excluding hydrogens is 361 g/mol. The van der Waals surface area contributed by atoms with Crippen LogP contribution in [-0.2, 0) is 22.3 Å². The number of nitrogens with zero attached hydrogens (tertiary/aromatic N) is 2. The number of aromatic nitrogens is 2. The molecule has 0 atom stereocenters. The summed E-state index contributed by atoms with van der Waals surface area (Å²) in [6.45, 7) is -0.138. The van der Waals surface area contributed by atoms with Crippen LogP contribution in [0.5, 0.6) is 5.75 Å². The SMILES string of the molecule is COc1cccc(-c2nnc(CNS(=O)(=O)Cc3ccc(F)cc3)o2)c1. The van der Waals surface area contributed by atoms with Crippen molar-refractivity contribution < 1.29 is 22.0 Å². The zero-order valence-electron chi connectivity index (χ0n) is 13.8. The molecule has 7 nitrogen and oxygen atoms in total. The average Bonchev–Trinajstić information content (AvgIpc) is 3.11. The molecule has 9 heteroatoms. The lowest BCUT2D eigenvalue weighted by Gasteiger charge is -2.04. The summed E-state index contributed by atoms with van der Waals surface area (Å²) in [6.07, 6.45) is 0. The minimum Gasteiger partial charge on any atom is -0.497 e. The maximum atomic E-state index is 12.9. The summed E-state index contributed by atoms with van der Waals surface area (Å²) in [6, 6.07) is 12.3. The summed E-state index contributed by atoms with van der Waals surface area (Å²) in [5, 5.41) is 7.74. The van der Waals surface area contributed by atoms with Crippen molar-refractivity contribution in [2.24, 2.45) is 0 Å². The van der Waals surface area contributed by atoms with Gasteiger partial charge in [-0.25, -0.2) is 17.5 Å². The van der Waals surface area contributed by atoms with Gasteiger partial charge in [0.2, 0.25) is 21.8 Å². The highest BCUT2D eigenvalue weighted by Crippen LogP contribution is 2.22. The highest BCUT2D eigenvalue weighted by Gasteiger charge is 2.15. The van der Waals surface area contributed by atoms with Crippen LogP contribution in [0.1, 0.15) is 11.5 Å². The average molecular weight is 377 g/mol. The van der Waals surface area contributed by atoms with Crippen LogP contribution >= 0.6 is 0 Å². The molecule has 1 heterocycles. The van der Waals surface area contributed by atoms with Crippen LogP contribution in [0.2, 0.25) is 0 Å². The lowest BCUT2D eigenvalue weighted by molar-refractivity contribution is 0.414. The first-order valence-electron chi connectivity index (χ1n) is 7.64. The van der Waals surface area contributed by atoms with Crippen LogP contribution in [0.3, 0.4) is 0 Å². The van der Waals surface area contributed by atoms with E-state index >= 15 is 0 Å². The van der Waals surface area contributed by atoms with E-state index in [-0.39, 0.29) is 24.1 Å². The van der Waals surface area contributed by atoms with Crippen LogP contribution in [0.15, 0.2) is 52.9 Å². The minimum absolute atomic E-state index is 0.130. The second-order valence-corrected chi connectivity index (χ2v) is 7.25. The Hall–Kier alpha value is -2.78. The van der Waals surface area contributed by atoms with Gasteiger partial charge in [-0.15, -0.1) is 10.2 Å². The van der Waals surface area contributed by atoms with Gasteiger partial charge in [-0.05, 0) is 35.9 Å². The van der Waals surface area contributed by atoms with Gasteiger partial charge in [-0.2, -0.15) is 0 Å². The molecule has 0 fully saturated rings. The van der Waals surface area contributed by atoms with E-state index < -0.39 is 15.8 Å². The molecule has 0 saturated heterocycles. The Labute approximate surface area is 149 Å². The standard InChI is InChI=1S/C17H16FN3O4S/c1-24-15-4-2-3-13(9-15)17-21-20-16(25-17)10-19-26(22,23)11-12-5-7-14(18)8-6-12/h2-9,19H,10-11H2,1H3. The smallest absolute Gasteiger partial charge is 0.247 e. The summed E-state index contributed by atoms with van der Waals surface area (Å²) < 4.78 is 50.1. The van der Waals surface area contributed by atoms with Gasteiger partial charge in [0.05, 0.1) is 19.4 Å². The zero-order chi connectivity index (χ0) is 18.6. The summed E-state index contributed by atoms with van der Waals surface area (Å²) in [5.41, 5.74) is 1.14. The van der Waals surface area contributed by atoms with Crippen molar-refractivity contribution in [1.82, 2.24) is 14.9 Å². The number of sulfonamides is 1. The molecular formula is C17H16FN3O4S. The van der Waals surface area contributed by atoms with E-state index in [1.807, 2.05) is 0 Å². The molecule has 0 bridgehead atoms. The van der Waals surface area contributed by atoms with Crippen molar-refractivity contribution in [2.75, 3.05) is 7.11 Å². The highest BCUT2D eigenvalue weighted by molar-refractivity contribution is 7.88. The Morgan fingerprint density at radius 1 is 1.15 bits per heavy atom. The summed E-state index contributed by atoms with van der Waals surface area (Å²) in [4.78, 5) is 0. The van der Waals surface area contributed by atoms with Gasteiger partial charge < -0.3 is 9.15 Å². The predicted molar refractivity (Wildman–Crippen MR) is 92.1 cm³/mol. The monoisotopic (exact) mass is 377 g/mol. The largest absolute Gasteiger partial charge is 0.497 e. The molecule has 0 aliphatic heterocycles. The van der Waals surface area contributed by atoms with E-state index in [9.17, 15) is 12.8 Å². The number of nitrogens with one attached hydrogen (secondary N) is 1. The number of benzene rings is 2. The molecule has 0 aliphatic rings. The van der Waals surface area contributed by atoms with Crippen molar-refractivity contribution in [3.05, 3.63) is 65.8 Å². The van der Waals surface area contributed by atoms with Gasteiger partial charge >= 0.3 is 0 Å². The molecule has 0 spiro atoms. The fourth-order valence-electron chi connectivity index (χ4n) is 2.22. The third kappa shape index (κ3) is 4.64. The van der Waals surface area contributed by atoms with Crippen LogP contribution in [0.25, 0.3) is 11.5 Å². The van der Waals surface area contributed by atoms with Gasteiger partial charge in [0, 0.05) is 5.56 Å². The molecule has 0 unspecified atom stereocenters. The Balaban J connectivity index is 1.64. The number of hydrogen-bond acceptors (Lipinski definition) is 6. The lowest BCUT2D eigenvalue weighted by Crippen LogP contribution is -2.24. The topological polar surface area (TPSA) is 94.3 Å². The molecule has 0 radical (unpaired) electrons. The maximum Gasteiger partial charge on any atom is 0.247 e. The second kappa shape index (κ2) is 7.63. The molecule has 136 valence electrons. The fourth-order valence-corrected chi connectivity index (χ4v) is 3.30. The Morgan fingerprint density at radius 2 is 1.92 bits per heavy atom. The van der Waals surface area contributed by atoms with E-state index in [0.717, 1.165) is 0 Å². The number of methoxy groups -OCH3 is 1. The first-order valence-corrected chi connectivity index (χ1v) is 9.29. The van der Waals surface area contributed by atoms with Crippen LogP contribution in [-0.4, -0.2) is 25.7 Å². The quantitative estimate of drug-likeness (QED) is 0.680. The summed E-state index contributed by atoms with van der Waals surface area (Å²) in [7, 11) is -2.08. The van der Waals surface area contributed by atoms with E-state index in [1.54, 1.807) is 31.4 Å². The van der Waals surface area contributed by atoms with E-state index in [1.165, 1.54) is 24.3 Å². The second-order valence-electron chi connectivity index (χ2n) is 5.44. The maximum absolute atomic E-state index is 12.9. The van der Waals surface area contributed by atoms with Crippen molar-refractivity contribution >= 4 is 10.0 Å². The molecule has 2 aromatic carbocycles. The number of halogens is 1. The Morgan fingerprint density at radius 3 is 2.65 bits per heavy atom. The lowest BCUT2D eigenvalue weighted by atomic mass is 10.2. The Bertz CT molecular complexity index is 987. The number of hydrogen-bond donors (Lipinski definition) is 1. The summed E-state index contributed by atoms with van der Waals surface area (Å²) >= 11 is 0. The van der Waals surface area contributed by atoms with E-state index in [2.05, 4.69) is 14.9 Å². The molecule has 0 amide bonds. The van der Waals surface area contributed by atoms with Crippen molar-refractivity contribution in [3.8, 4) is 17.2 Å². The summed E-state index contributed by atoms with van der Waals surface area (Å²) in [5.74, 6) is 0.337. The van der Waals surface area contributed by atoms with Gasteiger partial charge in [0.25, 0.3) is 0 Å². The minimum atomic E-state index is -3.63. The molecule has 26 heavy (non-hydrogen) atoms. The molecule has 0 saturated carbocycles. The number of rotatable bonds is 7. The predicted octanol–water partition coefficient (Wildman–Crippen LogP) is 2.50. The number of ether oxygens (including phenoxy) is 1. The first kappa shape index (κ1) is 18.0. The Kier molecular flexibility index (Phi) is 5.29. The molecule has 1 N–H and O–H groups in total. The van der Waals surface area contributed by atoms with Crippen molar-refractivity contribution in [2.45, 2.75) is 12.3 Å². The van der Waals surface area contributed by atoms with Crippen LogP contribution in [0, 0.1) is 5.82 Å². The van der Waals surface area contributed by atoms with Crippen molar-refractivity contribution in [3.63, 3.8) is 0 Å². The fraction of sp³-hybridized carbons (Fsp3) is 0.176. The van der Waals surface area contributed by atoms with Gasteiger partial charge in [0.15, 0.2) is 0 Å². The molecule has 0 aliphatic carbocycles. The van der Waals surface area contributed by atoms with Gasteiger partial charge in [-0.3, -0.25) is 0 Å². The van der Waals surface area contributed by atoms with Crippen LogP contribution in [0.4, 0.5) is 4.39 Å². The van der Waals surface area contributed by atoms with Crippen molar-refractivity contribution in [1.29, 1.82) is 0 Å². The molecule has 3 rings (SSSR count). The third-order valence-corrected chi connectivity index (χ3v) is 4.79. The van der Waals surface area contributed by atoms with E-state index in [4.69, 9.17) is 9.15 Å². The molecule has 1 aromatic heterocycles. The van der Waals surface area contributed by atoms with Gasteiger partial charge in [0.1, 0.15) is 11.6 Å². The van der Waals surface area contributed by atoms with E-state index in [0.29, 0.717) is 16.9 Å². The first-order chi connectivity index (χ1) is 12.4. The van der Waals surface area contributed by atoms with Gasteiger partial charge in [-0.1, -0.05) is 18.2 Å². The normalized spacial score (nSPS) is 11.5. The molecule has 3 aromatic rings. The third-order valence-electron chi connectivity index (χ3n) is 3.50. The highest BCUT2D eigenvalue weighted by atomic mass is 32.2. The zero-order valence-corrected chi connectivity index (χ0v) is 14.7. The van der Waals surface area contributed by atoms with Crippen LogP contribution < -0.4 is 9.46 Å².